The Morgan fingerprint density at radius 2 is 1.94 bits per heavy atom. The first kappa shape index (κ1) is 15.9. The summed E-state index contributed by atoms with van der Waals surface area (Å²) in [5.74, 6) is 0.201. The van der Waals surface area contributed by atoms with Crippen LogP contribution in [-0.2, 0) is 9.84 Å². The third kappa shape index (κ3) is 4.21. The van der Waals surface area contributed by atoms with Crippen LogP contribution in [0.1, 0.15) is 52.9 Å². The summed E-state index contributed by atoms with van der Waals surface area (Å²) in [4.78, 5) is 2.24. The fraction of sp³-hybridized carbons (Fsp3) is 1.00. The van der Waals surface area contributed by atoms with Crippen molar-refractivity contribution < 1.29 is 8.42 Å². The summed E-state index contributed by atoms with van der Waals surface area (Å²) < 4.78 is 23.2. The van der Waals surface area contributed by atoms with Crippen LogP contribution >= 0.6 is 0 Å². The molecule has 0 amide bonds. The van der Waals surface area contributed by atoms with Gasteiger partial charge in [0.2, 0.25) is 0 Å². The highest BCUT2D eigenvalue weighted by Gasteiger charge is 2.36. The molecule has 18 heavy (non-hydrogen) atoms. The Bertz CT molecular complexity index is 352. The van der Waals surface area contributed by atoms with E-state index >= 15 is 0 Å². The van der Waals surface area contributed by atoms with Crippen molar-refractivity contribution in [3.05, 3.63) is 0 Å². The van der Waals surface area contributed by atoms with Crippen molar-refractivity contribution in [2.75, 3.05) is 18.8 Å². The van der Waals surface area contributed by atoms with Gasteiger partial charge in [-0.15, -0.1) is 0 Å². The highest BCUT2D eigenvalue weighted by molar-refractivity contribution is 7.92. The molecule has 0 aliphatic carbocycles. The lowest BCUT2D eigenvalue weighted by Crippen LogP contribution is -2.57. The molecule has 0 bridgehead atoms. The zero-order chi connectivity index (χ0) is 13.8. The van der Waals surface area contributed by atoms with E-state index in [0.29, 0.717) is 13.1 Å². The molecule has 1 saturated heterocycles. The summed E-state index contributed by atoms with van der Waals surface area (Å²) in [6.07, 6.45) is 6.11. The van der Waals surface area contributed by atoms with Crippen molar-refractivity contribution in [1.82, 2.24) is 4.90 Å². The average Bonchev–Trinajstić information content (AvgIpc) is 2.28. The maximum Gasteiger partial charge on any atom is 0.168 e. The highest BCUT2D eigenvalue weighted by Crippen LogP contribution is 2.25. The lowest BCUT2D eigenvalue weighted by atomic mass is 9.94. The SMILES string of the molecule is CCCCCCC(C)(C)N1CCS(=O)(=O)C(N)C1. The predicted octanol–water partition coefficient (Wildman–Crippen LogP) is 1.75. The predicted molar refractivity (Wildman–Crippen MR) is 76.2 cm³/mol. The molecule has 108 valence electrons. The summed E-state index contributed by atoms with van der Waals surface area (Å²) in [7, 11) is -3.05. The standard InChI is InChI=1S/C13H28N2O2S/c1-4-5-6-7-8-13(2,3)15-9-10-18(16,17)12(14)11-15/h12H,4-11,14H2,1-3H3. The molecule has 1 aliphatic heterocycles. The number of sulfone groups is 1. The minimum Gasteiger partial charge on any atom is -0.314 e. The summed E-state index contributed by atoms with van der Waals surface area (Å²) in [6.45, 7) is 7.70. The van der Waals surface area contributed by atoms with Gasteiger partial charge in [-0.2, -0.15) is 0 Å². The van der Waals surface area contributed by atoms with Gasteiger partial charge in [0, 0.05) is 18.6 Å². The summed E-state index contributed by atoms with van der Waals surface area (Å²) in [5.41, 5.74) is 5.80. The lowest BCUT2D eigenvalue weighted by Gasteiger charge is -2.42. The largest absolute Gasteiger partial charge is 0.314 e. The van der Waals surface area contributed by atoms with Gasteiger partial charge in [0.15, 0.2) is 9.84 Å². The number of hydrogen-bond donors (Lipinski definition) is 1. The van der Waals surface area contributed by atoms with E-state index in [0.717, 1.165) is 6.42 Å². The second-order valence-corrected chi connectivity index (χ2v) is 8.31. The molecule has 5 heteroatoms. The van der Waals surface area contributed by atoms with Crippen molar-refractivity contribution in [3.8, 4) is 0 Å². The molecule has 1 unspecified atom stereocenters. The van der Waals surface area contributed by atoms with E-state index in [4.69, 9.17) is 5.73 Å². The summed E-state index contributed by atoms with van der Waals surface area (Å²) in [5, 5.41) is -0.707. The van der Waals surface area contributed by atoms with E-state index in [2.05, 4.69) is 25.7 Å². The summed E-state index contributed by atoms with van der Waals surface area (Å²) in [6, 6.07) is 0. The molecule has 0 aromatic carbocycles. The average molecular weight is 276 g/mol. The molecule has 0 saturated carbocycles. The van der Waals surface area contributed by atoms with Crippen molar-refractivity contribution in [3.63, 3.8) is 0 Å². The van der Waals surface area contributed by atoms with Gasteiger partial charge in [-0.05, 0) is 20.3 Å². The third-order valence-electron chi connectivity index (χ3n) is 4.01. The van der Waals surface area contributed by atoms with Crippen LogP contribution in [0.15, 0.2) is 0 Å². The zero-order valence-corrected chi connectivity index (χ0v) is 12.8. The monoisotopic (exact) mass is 276 g/mol. The molecule has 0 aromatic rings. The molecule has 4 nitrogen and oxygen atoms in total. The van der Waals surface area contributed by atoms with Crippen LogP contribution in [0, 0.1) is 0 Å². The van der Waals surface area contributed by atoms with Crippen LogP contribution in [0.3, 0.4) is 0 Å². The number of nitrogens with two attached hydrogens (primary N) is 1. The van der Waals surface area contributed by atoms with E-state index in [1.165, 1.54) is 25.7 Å². The van der Waals surface area contributed by atoms with Crippen LogP contribution < -0.4 is 5.73 Å². The highest BCUT2D eigenvalue weighted by atomic mass is 32.2. The second kappa shape index (κ2) is 6.35. The molecule has 1 atom stereocenters. The normalized spacial score (nSPS) is 25.2. The third-order valence-corrected chi connectivity index (χ3v) is 5.83. The van der Waals surface area contributed by atoms with E-state index in [9.17, 15) is 8.42 Å². The van der Waals surface area contributed by atoms with E-state index in [1.807, 2.05) is 0 Å². The van der Waals surface area contributed by atoms with Gasteiger partial charge in [0.05, 0.1) is 5.75 Å². The fourth-order valence-corrected chi connectivity index (χ4v) is 3.69. The maximum atomic E-state index is 11.6. The minimum absolute atomic E-state index is 0.0568. The fourth-order valence-electron chi connectivity index (χ4n) is 2.50. The van der Waals surface area contributed by atoms with Gasteiger partial charge in [-0.3, -0.25) is 4.90 Å². The van der Waals surface area contributed by atoms with Crippen LogP contribution in [0.5, 0.6) is 0 Å². The smallest absolute Gasteiger partial charge is 0.168 e. The number of rotatable bonds is 6. The molecule has 1 rings (SSSR count). The first-order valence-corrected chi connectivity index (χ1v) is 8.73. The molecule has 2 N–H and O–H groups in total. The van der Waals surface area contributed by atoms with Crippen molar-refractivity contribution >= 4 is 9.84 Å². The summed E-state index contributed by atoms with van der Waals surface area (Å²) >= 11 is 0. The second-order valence-electron chi connectivity index (χ2n) is 5.97. The van der Waals surface area contributed by atoms with Crippen LogP contribution in [0.2, 0.25) is 0 Å². The molecule has 1 aliphatic rings. The van der Waals surface area contributed by atoms with E-state index < -0.39 is 15.2 Å². The van der Waals surface area contributed by atoms with Gasteiger partial charge in [-0.1, -0.05) is 32.6 Å². The van der Waals surface area contributed by atoms with Crippen LogP contribution in [-0.4, -0.2) is 43.1 Å². The van der Waals surface area contributed by atoms with Gasteiger partial charge < -0.3 is 5.73 Å². The van der Waals surface area contributed by atoms with Crippen molar-refractivity contribution in [2.45, 2.75) is 63.8 Å². The molecular formula is C13H28N2O2S. The van der Waals surface area contributed by atoms with Crippen molar-refractivity contribution in [1.29, 1.82) is 0 Å². The Labute approximate surface area is 112 Å². The van der Waals surface area contributed by atoms with Crippen LogP contribution in [0.25, 0.3) is 0 Å². The number of unbranched alkanes of at least 4 members (excludes halogenated alkanes) is 3. The Kier molecular flexibility index (Phi) is 5.62. The van der Waals surface area contributed by atoms with E-state index in [1.54, 1.807) is 0 Å². The first-order valence-electron chi connectivity index (χ1n) is 7.02. The molecule has 0 aromatic heterocycles. The number of nitrogens with zero attached hydrogens (tertiary/aromatic N) is 1. The van der Waals surface area contributed by atoms with Crippen molar-refractivity contribution in [2.24, 2.45) is 5.73 Å². The minimum atomic E-state index is -3.05. The Hall–Kier alpha value is -0.130. The van der Waals surface area contributed by atoms with Gasteiger partial charge >= 0.3 is 0 Å². The first-order chi connectivity index (χ1) is 8.29. The molecular weight excluding hydrogens is 248 g/mol. The van der Waals surface area contributed by atoms with E-state index in [-0.39, 0.29) is 11.3 Å². The zero-order valence-electron chi connectivity index (χ0n) is 12.0. The maximum absolute atomic E-state index is 11.6. The number of hydrogen-bond acceptors (Lipinski definition) is 4. The quantitative estimate of drug-likeness (QED) is 0.751. The molecule has 0 spiro atoms. The molecule has 0 radical (unpaired) electrons. The van der Waals surface area contributed by atoms with Gasteiger partial charge in [0.25, 0.3) is 0 Å². The molecule has 1 heterocycles. The Morgan fingerprint density at radius 1 is 1.28 bits per heavy atom. The lowest BCUT2D eigenvalue weighted by molar-refractivity contribution is 0.110. The van der Waals surface area contributed by atoms with Crippen LogP contribution in [0.4, 0.5) is 0 Å². The van der Waals surface area contributed by atoms with Gasteiger partial charge in [0.1, 0.15) is 5.37 Å². The molecule has 1 fully saturated rings. The Morgan fingerprint density at radius 3 is 2.50 bits per heavy atom. The Balaban J connectivity index is 2.48. The van der Waals surface area contributed by atoms with Gasteiger partial charge in [-0.25, -0.2) is 8.42 Å². The topological polar surface area (TPSA) is 63.4 Å².